The molecule has 0 fully saturated rings. The lowest BCUT2D eigenvalue weighted by Gasteiger charge is -2.09. The minimum Gasteiger partial charge on any atom is -0.330 e. The van der Waals surface area contributed by atoms with Crippen molar-refractivity contribution in [1.82, 2.24) is 9.55 Å². The van der Waals surface area contributed by atoms with Gasteiger partial charge in [-0.1, -0.05) is 36.8 Å². The molecule has 0 aliphatic heterocycles. The predicted molar refractivity (Wildman–Crippen MR) is 87.7 cm³/mol. The molecule has 0 unspecified atom stereocenters. The minimum atomic E-state index is 0.773. The molecule has 0 radical (unpaired) electrons. The number of unbranched alkanes of at least 4 members (excludes halogenated alkanes) is 2. The zero-order valence-corrected chi connectivity index (χ0v) is 12.2. The minimum absolute atomic E-state index is 0.773. The monoisotopic (exact) mass is 279 g/mol. The molecule has 0 saturated heterocycles. The molecular formula is C18H21N3. The zero-order valence-electron chi connectivity index (χ0n) is 12.2. The van der Waals surface area contributed by atoms with Crippen molar-refractivity contribution in [2.45, 2.75) is 25.7 Å². The molecule has 0 amide bonds. The molecule has 3 aromatic rings. The molecule has 1 aromatic heterocycles. The van der Waals surface area contributed by atoms with Crippen LogP contribution in [0.25, 0.3) is 16.7 Å². The summed E-state index contributed by atoms with van der Waals surface area (Å²) < 4.78 is 2.28. The molecule has 0 spiro atoms. The largest absolute Gasteiger partial charge is 0.330 e. The normalized spacial score (nSPS) is 11.1. The van der Waals surface area contributed by atoms with Gasteiger partial charge in [-0.15, -0.1) is 0 Å². The second-order valence-corrected chi connectivity index (χ2v) is 5.29. The summed E-state index contributed by atoms with van der Waals surface area (Å²) in [6.45, 7) is 0.773. The Kier molecular flexibility index (Phi) is 4.31. The summed E-state index contributed by atoms with van der Waals surface area (Å²) in [5, 5.41) is 0. The van der Waals surface area contributed by atoms with E-state index in [2.05, 4.69) is 47.0 Å². The van der Waals surface area contributed by atoms with E-state index < -0.39 is 0 Å². The molecule has 21 heavy (non-hydrogen) atoms. The van der Waals surface area contributed by atoms with E-state index in [0.717, 1.165) is 43.6 Å². The topological polar surface area (TPSA) is 43.8 Å². The third-order valence-corrected chi connectivity index (χ3v) is 3.75. The van der Waals surface area contributed by atoms with Crippen LogP contribution in [-0.2, 0) is 6.42 Å². The lowest BCUT2D eigenvalue weighted by molar-refractivity contribution is 0.665. The summed E-state index contributed by atoms with van der Waals surface area (Å²) in [5.74, 6) is 1.14. The third-order valence-electron chi connectivity index (χ3n) is 3.75. The van der Waals surface area contributed by atoms with E-state index in [9.17, 15) is 0 Å². The van der Waals surface area contributed by atoms with Crippen LogP contribution in [0.3, 0.4) is 0 Å². The second-order valence-electron chi connectivity index (χ2n) is 5.29. The lowest BCUT2D eigenvalue weighted by atomic mass is 10.2. The van der Waals surface area contributed by atoms with Gasteiger partial charge in [-0.25, -0.2) is 4.98 Å². The molecule has 1 heterocycles. The number of aryl methyl sites for hydroxylation is 1. The molecular weight excluding hydrogens is 258 g/mol. The fourth-order valence-electron chi connectivity index (χ4n) is 2.71. The van der Waals surface area contributed by atoms with Crippen molar-refractivity contribution < 1.29 is 0 Å². The van der Waals surface area contributed by atoms with Crippen LogP contribution >= 0.6 is 0 Å². The van der Waals surface area contributed by atoms with Gasteiger partial charge in [-0.3, -0.25) is 4.57 Å². The number of rotatable bonds is 6. The number of fused-ring (bicyclic) bond motifs is 1. The van der Waals surface area contributed by atoms with Crippen molar-refractivity contribution in [3.63, 3.8) is 0 Å². The van der Waals surface area contributed by atoms with E-state index in [1.165, 1.54) is 11.2 Å². The van der Waals surface area contributed by atoms with Crippen LogP contribution in [0.15, 0.2) is 54.6 Å². The average molecular weight is 279 g/mol. The maximum atomic E-state index is 5.57. The van der Waals surface area contributed by atoms with Crippen LogP contribution in [0.1, 0.15) is 25.1 Å². The molecule has 2 N–H and O–H groups in total. The Balaban J connectivity index is 1.98. The summed E-state index contributed by atoms with van der Waals surface area (Å²) in [6, 6.07) is 18.8. The van der Waals surface area contributed by atoms with Gasteiger partial charge in [0.2, 0.25) is 0 Å². The van der Waals surface area contributed by atoms with Gasteiger partial charge in [0.15, 0.2) is 0 Å². The standard InChI is InChI=1S/C18H21N3/c19-14-8-2-5-13-18-20-16-11-6-7-12-17(16)21(18)15-9-3-1-4-10-15/h1,3-4,6-7,9-12H,2,5,8,13-14,19H2. The molecule has 0 saturated carbocycles. The highest BCUT2D eigenvalue weighted by atomic mass is 15.1. The van der Waals surface area contributed by atoms with Crippen LogP contribution in [0.5, 0.6) is 0 Å². The number of hydrogen-bond acceptors (Lipinski definition) is 2. The molecule has 0 bridgehead atoms. The van der Waals surface area contributed by atoms with Gasteiger partial charge in [0, 0.05) is 12.1 Å². The Bertz CT molecular complexity index is 701. The Morgan fingerprint density at radius 2 is 1.62 bits per heavy atom. The van der Waals surface area contributed by atoms with E-state index in [4.69, 9.17) is 10.7 Å². The smallest absolute Gasteiger partial charge is 0.114 e. The molecule has 3 rings (SSSR count). The highest BCUT2D eigenvalue weighted by molar-refractivity contribution is 5.78. The van der Waals surface area contributed by atoms with Crippen molar-refractivity contribution in [2.24, 2.45) is 5.73 Å². The number of benzene rings is 2. The highest BCUT2D eigenvalue weighted by Crippen LogP contribution is 2.22. The van der Waals surface area contributed by atoms with Crippen LogP contribution in [0.4, 0.5) is 0 Å². The third kappa shape index (κ3) is 2.98. The Morgan fingerprint density at radius 1 is 0.857 bits per heavy atom. The molecule has 0 atom stereocenters. The molecule has 0 aliphatic rings. The SMILES string of the molecule is NCCCCCc1nc2ccccc2n1-c1ccccc1. The van der Waals surface area contributed by atoms with Gasteiger partial charge in [0.1, 0.15) is 5.82 Å². The van der Waals surface area contributed by atoms with Gasteiger partial charge in [-0.05, 0) is 43.7 Å². The summed E-state index contributed by atoms with van der Waals surface area (Å²) in [6.07, 6.45) is 4.37. The first-order valence-corrected chi connectivity index (χ1v) is 7.62. The van der Waals surface area contributed by atoms with Gasteiger partial charge in [-0.2, -0.15) is 0 Å². The highest BCUT2D eigenvalue weighted by Gasteiger charge is 2.11. The van der Waals surface area contributed by atoms with E-state index in [0.29, 0.717) is 0 Å². The zero-order chi connectivity index (χ0) is 14.5. The number of imidazole rings is 1. The first-order valence-electron chi connectivity index (χ1n) is 7.62. The number of nitrogens with two attached hydrogens (primary N) is 1. The lowest BCUT2D eigenvalue weighted by Crippen LogP contribution is -2.03. The van der Waals surface area contributed by atoms with Crippen LogP contribution in [0, 0.1) is 0 Å². The number of para-hydroxylation sites is 3. The van der Waals surface area contributed by atoms with Crippen molar-refractivity contribution in [2.75, 3.05) is 6.54 Å². The van der Waals surface area contributed by atoms with Crippen molar-refractivity contribution in [3.8, 4) is 5.69 Å². The first-order chi connectivity index (χ1) is 10.4. The summed E-state index contributed by atoms with van der Waals surface area (Å²) in [7, 11) is 0. The van der Waals surface area contributed by atoms with Crippen LogP contribution in [-0.4, -0.2) is 16.1 Å². The van der Waals surface area contributed by atoms with E-state index in [1.807, 2.05) is 12.1 Å². The summed E-state index contributed by atoms with van der Waals surface area (Å²) in [4.78, 5) is 4.82. The fourth-order valence-corrected chi connectivity index (χ4v) is 2.71. The van der Waals surface area contributed by atoms with E-state index in [-0.39, 0.29) is 0 Å². The van der Waals surface area contributed by atoms with Crippen molar-refractivity contribution in [3.05, 3.63) is 60.4 Å². The number of hydrogen-bond donors (Lipinski definition) is 1. The summed E-state index contributed by atoms with van der Waals surface area (Å²) >= 11 is 0. The van der Waals surface area contributed by atoms with Crippen LogP contribution < -0.4 is 5.73 Å². The van der Waals surface area contributed by atoms with Crippen molar-refractivity contribution >= 4 is 11.0 Å². The fraction of sp³-hybridized carbons (Fsp3) is 0.278. The second kappa shape index (κ2) is 6.55. The van der Waals surface area contributed by atoms with Gasteiger partial charge < -0.3 is 5.73 Å². The molecule has 0 aliphatic carbocycles. The maximum absolute atomic E-state index is 5.57. The Hall–Kier alpha value is -2.13. The maximum Gasteiger partial charge on any atom is 0.114 e. The Labute approximate surface area is 125 Å². The molecule has 3 nitrogen and oxygen atoms in total. The van der Waals surface area contributed by atoms with Gasteiger partial charge >= 0.3 is 0 Å². The predicted octanol–water partition coefficient (Wildman–Crippen LogP) is 3.70. The number of nitrogens with zero attached hydrogens (tertiary/aromatic N) is 2. The molecule has 3 heteroatoms. The van der Waals surface area contributed by atoms with Crippen LogP contribution in [0.2, 0.25) is 0 Å². The molecule has 108 valence electrons. The van der Waals surface area contributed by atoms with E-state index in [1.54, 1.807) is 0 Å². The average Bonchev–Trinajstić information content (AvgIpc) is 2.90. The molecule has 2 aromatic carbocycles. The van der Waals surface area contributed by atoms with Gasteiger partial charge in [0.25, 0.3) is 0 Å². The first kappa shape index (κ1) is 13.8. The van der Waals surface area contributed by atoms with E-state index >= 15 is 0 Å². The number of aromatic nitrogens is 2. The van der Waals surface area contributed by atoms with Gasteiger partial charge in [0.05, 0.1) is 11.0 Å². The Morgan fingerprint density at radius 3 is 2.43 bits per heavy atom. The quantitative estimate of drug-likeness (QED) is 0.699. The summed E-state index contributed by atoms with van der Waals surface area (Å²) in [5.41, 5.74) is 8.99. The van der Waals surface area contributed by atoms with Crippen molar-refractivity contribution in [1.29, 1.82) is 0 Å².